The van der Waals surface area contributed by atoms with Crippen LogP contribution in [0.25, 0.3) is 33.5 Å². The second-order valence-corrected chi connectivity index (χ2v) is 10.1. The number of hydrogen-bond donors (Lipinski definition) is 0. The highest BCUT2D eigenvalue weighted by molar-refractivity contribution is 9.10. The van der Waals surface area contributed by atoms with E-state index in [2.05, 4.69) is 26.0 Å². The summed E-state index contributed by atoms with van der Waals surface area (Å²) in [6.45, 7) is 0. The maximum Gasteiger partial charge on any atom is 0.287 e. The minimum atomic E-state index is -0.555. The molecule has 0 amide bonds. The highest BCUT2D eigenvalue weighted by Gasteiger charge is 2.18. The van der Waals surface area contributed by atoms with E-state index < -0.39 is 10.5 Å². The van der Waals surface area contributed by atoms with E-state index >= 15 is 0 Å². The van der Waals surface area contributed by atoms with E-state index in [9.17, 15) is 14.9 Å². The third-order valence-electron chi connectivity index (χ3n) is 6.20. The minimum absolute atomic E-state index is 0.116. The Balaban J connectivity index is 1.40. The summed E-state index contributed by atoms with van der Waals surface area (Å²) in [4.78, 5) is 32.5. The van der Waals surface area contributed by atoms with Crippen molar-refractivity contribution >= 4 is 61.3 Å². The van der Waals surface area contributed by atoms with Gasteiger partial charge in [0.05, 0.1) is 44.0 Å². The Kier molecular flexibility index (Phi) is 7.15. The van der Waals surface area contributed by atoms with E-state index in [0.29, 0.717) is 38.0 Å². The zero-order valence-electron chi connectivity index (χ0n) is 21.5. The van der Waals surface area contributed by atoms with E-state index in [1.165, 1.54) is 23.0 Å². The first-order chi connectivity index (χ1) is 20.3. The summed E-state index contributed by atoms with van der Waals surface area (Å²) in [5, 5.41) is 16.7. The van der Waals surface area contributed by atoms with Crippen LogP contribution in [0.2, 0.25) is 5.02 Å². The summed E-state index contributed by atoms with van der Waals surface area (Å²) in [7, 11) is 1.57. The largest absolute Gasteiger partial charge is 0.496 e. The topological polar surface area (TPSA) is 135 Å². The lowest BCUT2D eigenvalue weighted by Gasteiger charge is -2.10. The quantitative estimate of drug-likeness (QED) is 0.101. The number of hydrogen-bond acceptors (Lipinski definition) is 9. The number of fused-ring (bicyclic) bond motifs is 2. The monoisotopic (exact) mass is 645 g/mol. The van der Waals surface area contributed by atoms with Crippen molar-refractivity contribution in [2.24, 2.45) is 5.10 Å². The fourth-order valence-corrected chi connectivity index (χ4v) is 5.17. The van der Waals surface area contributed by atoms with Crippen LogP contribution in [0.5, 0.6) is 17.4 Å². The number of rotatable bonds is 7. The molecule has 13 heteroatoms. The highest BCUT2D eigenvalue weighted by Crippen LogP contribution is 2.37. The Morgan fingerprint density at radius 1 is 1.10 bits per heavy atom. The molecule has 11 nitrogen and oxygen atoms in total. The molecule has 0 saturated heterocycles. The first kappa shape index (κ1) is 27.1. The smallest absolute Gasteiger partial charge is 0.287 e. The van der Waals surface area contributed by atoms with Crippen molar-refractivity contribution in [3.05, 3.63) is 115 Å². The van der Waals surface area contributed by atoms with Gasteiger partial charge in [-0.2, -0.15) is 9.78 Å². The molecule has 42 heavy (non-hydrogen) atoms. The van der Waals surface area contributed by atoms with Gasteiger partial charge in [0.15, 0.2) is 11.5 Å². The number of nitro groups is 1. The number of aromatic nitrogens is 3. The molecule has 0 fully saturated rings. The minimum Gasteiger partial charge on any atom is -0.496 e. The molecule has 3 heterocycles. The Morgan fingerprint density at radius 2 is 1.93 bits per heavy atom. The summed E-state index contributed by atoms with van der Waals surface area (Å²) < 4.78 is 18.9. The number of ether oxygens (including phenoxy) is 2. The molecule has 0 spiro atoms. The van der Waals surface area contributed by atoms with Gasteiger partial charge in [-0.1, -0.05) is 29.8 Å². The molecule has 0 N–H and O–H groups in total. The molecule has 0 aliphatic carbocycles. The van der Waals surface area contributed by atoms with E-state index in [1.807, 2.05) is 6.07 Å². The lowest BCUT2D eigenvalue weighted by molar-refractivity contribution is -0.385. The van der Waals surface area contributed by atoms with Gasteiger partial charge in [0.1, 0.15) is 17.5 Å². The zero-order valence-corrected chi connectivity index (χ0v) is 23.9. The van der Waals surface area contributed by atoms with E-state index in [4.69, 9.17) is 30.5 Å². The fraction of sp³-hybridized carbons (Fsp3) is 0.0345. The maximum atomic E-state index is 13.6. The van der Waals surface area contributed by atoms with Crippen LogP contribution in [-0.2, 0) is 0 Å². The van der Waals surface area contributed by atoms with Crippen molar-refractivity contribution in [1.29, 1.82) is 0 Å². The standard InChI is InChI=1S/C29H17BrClN5O6/c1-40-23-7-4-8-24-19(23)13-25(41-24)28-34-22-6-3-2-5-18(22)29(37)35(28)33-14-16-11-20(30)27(21(31)12-16)42-26-10-9-17(15-32-26)36(38)39/h2-15H,1H3. The van der Waals surface area contributed by atoms with E-state index in [0.717, 1.165) is 11.6 Å². The molecule has 0 unspecified atom stereocenters. The molecule has 3 aromatic heterocycles. The number of methoxy groups -OCH3 is 1. The molecule has 0 atom stereocenters. The van der Waals surface area contributed by atoms with Crippen LogP contribution < -0.4 is 15.0 Å². The summed E-state index contributed by atoms with van der Waals surface area (Å²) >= 11 is 9.93. The molecule has 6 aromatic rings. The predicted octanol–water partition coefficient (Wildman–Crippen LogP) is 7.21. The average Bonchev–Trinajstić information content (AvgIpc) is 3.43. The molecule has 0 saturated carbocycles. The van der Waals surface area contributed by atoms with Gasteiger partial charge in [-0.3, -0.25) is 14.9 Å². The van der Waals surface area contributed by atoms with Crippen molar-refractivity contribution < 1.29 is 18.8 Å². The fourth-order valence-electron chi connectivity index (χ4n) is 4.23. The molecule has 0 aliphatic heterocycles. The first-order valence-corrected chi connectivity index (χ1v) is 13.4. The molecule has 0 radical (unpaired) electrons. The molecule has 6 rings (SSSR count). The number of nitrogens with zero attached hydrogens (tertiary/aromatic N) is 5. The van der Waals surface area contributed by atoms with E-state index in [1.54, 1.807) is 61.7 Å². The molecule has 0 aliphatic rings. The number of pyridine rings is 1. The third kappa shape index (κ3) is 5.08. The molecule has 208 valence electrons. The lowest BCUT2D eigenvalue weighted by atomic mass is 10.2. The second-order valence-electron chi connectivity index (χ2n) is 8.82. The summed E-state index contributed by atoms with van der Waals surface area (Å²) in [6, 6.07) is 20.0. The Morgan fingerprint density at radius 3 is 2.67 bits per heavy atom. The van der Waals surface area contributed by atoms with Crippen LogP contribution in [0, 0.1) is 10.1 Å². The van der Waals surface area contributed by atoms with Crippen LogP contribution in [0.4, 0.5) is 5.69 Å². The van der Waals surface area contributed by atoms with Gasteiger partial charge >= 0.3 is 0 Å². The average molecular weight is 647 g/mol. The predicted molar refractivity (Wildman–Crippen MR) is 161 cm³/mol. The molecular weight excluding hydrogens is 630 g/mol. The summed E-state index contributed by atoms with van der Waals surface area (Å²) in [5.74, 6) is 1.50. The second kappa shape index (κ2) is 11.1. The normalized spacial score (nSPS) is 11.4. The van der Waals surface area contributed by atoms with Crippen LogP contribution in [0.15, 0.2) is 97.8 Å². The summed E-state index contributed by atoms with van der Waals surface area (Å²) in [5.41, 5.74) is 1.03. The molecular formula is C29H17BrClN5O6. The molecule has 0 bridgehead atoms. The van der Waals surface area contributed by atoms with Crippen molar-refractivity contribution in [2.45, 2.75) is 0 Å². The van der Waals surface area contributed by atoms with Crippen LogP contribution in [-0.4, -0.2) is 32.9 Å². The van der Waals surface area contributed by atoms with Crippen molar-refractivity contribution in [3.8, 4) is 29.0 Å². The number of benzene rings is 3. The van der Waals surface area contributed by atoms with Crippen LogP contribution >= 0.6 is 27.5 Å². The van der Waals surface area contributed by atoms with Gasteiger partial charge in [-0.05, 0) is 64.0 Å². The van der Waals surface area contributed by atoms with Crippen molar-refractivity contribution in [2.75, 3.05) is 7.11 Å². The number of para-hydroxylation sites is 1. The third-order valence-corrected chi connectivity index (χ3v) is 7.07. The van der Waals surface area contributed by atoms with E-state index in [-0.39, 0.29) is 28.2 Å². The van der Waals surface area contributed by atoms with Gasteiger partial charge in [-0.25, -0.2) is 9.97 Å². The summed E-state index contributed by atoms with van der Waals surface area (Å²) in [6.07, 6.45) is 2.54. The van der Waals surface area contributed by atoms with Gasteiger partial charge in [0, 0.05) is 12.1 Å². The highest BCUT2D eigenvalue weighted by atomic mass is 79.9. The SMILES string of the molecule is COc1cccc2oc(-c3nc4ccccc4c(=O)n3N=Cc3cc(Cl)c(Oc4ccc([N+](=O)[O-])cn4)c(Br)c3)cc12. The Labute approximate surface area is 249 Å². The van der Waals surface area contributed by atoms with Gasteiger partial charge in [0.2, 0.25) is 11.7 Å². The maximum absolute atomic E-state index is 13.6. The van der Waals surface area contributed by atoms with Crippen molar-refractivity contribution in [3.63, 3.8) is 0 Å². The zero-order chi connectivity index (χ0) is 29.4. The first-order valence-electron chi connectivity index (χ1n) is 12.2. The Hall–Kier alpha value is -5.07. The van der Waals surface area contributed by atoms with Crippen LogP contribution in [0.3, 0.4) is 0 Å². The van der Waals surface area contributed by atoms with Gasteiger partial charge in [-0.15, -0.1) is 0 Å². The van der Waals surface area contributed by atoms with Gasteiger partial charge < -0.3 is 13.9 Å². The number of halogens is 2. The Bertz CT molecular complexity index is 2070. The number of furan rings is 1. The molecule has 3 aromatic carbocycles. The van der Waals surface area contributed by atoms with Crippen LogP contribution in [0.1, 0.15) is 5.56 Å². The lowest BCUT2D eigenvalue weighted by Crippen LogP contribution is -2.20. The van der Waals surface area contributed by atoms with Crippen molar-refractivity contribution in [1.82, 2.24) is 14.6 Å². The van der Waals surface area contributed by atoms with Gasteiger partial charge in [0.25, 0.3) is 11.2 Å².